The van der Waals surface area contributed by atoms with Gasteiger partial charge in [0, 0.05) is 25.9 Å². The normalized spacial score (nSPS) is 22.8. The number of ether oxygens (including phenoxy) is 2. The fourth-order valence-electron chi connectivity index (χ4n) is 3.54. The number of imidazole rings is 1. The number of aromatic nitrogens is 2. The molecule has 1 fully saturated rings. The third-order valence-corrected chi connectivity index (χ3v) is 4.95. The van der Waals surface area contributed by atoms with Crippen LogP contribution < -0.4 is 9.47 Å². The van der Waals surface area contributed by atoms with Crippen LogP contribution in [0.25, 0.3) is 0 Å². The van der Waals surface area contributed by atoms with E-state index in [0.717, 1.165) is 23.7 Å². The van der Waals surface area contributed by atoms with Crippen LogP contribution in [-0.2, 0) is 16.9 Å². The molecule has 3 aromatic rings. The van der Waals surface area contributed by atoms with Crippen LogP contribution in [0.4, 0.5) is 0 Å². The van der Waals surface area contributed by atoms with Gasteiger partial charge in [0.25, 0.3) is 0 Å². The second-order valence-electron chi connectivity index (χ2n) is 6.66. The van der Waals surface area contributed by atoms with Gasteiger partial charge in [-0.25, -0.2) is 4.98 Å². The fourth-order valence-corrected chi connectivity index (χ4v) is 3.54. The molecule has 2 atom stereocenters. The lowest BCUT2D eigenvalue weighted by Crippen LogP contribution is -2.41. The van der Waals surface area contributed by atoms with Gasteiger partial charge in [-0.15, -0.1) is 0 Å². The number of nitrogens with zero attached hydrogens (tertiary/aromatic N) is 3. The first kappa shape index (κ1) is 17.6. The van der Waals surface area contributed by atoms with Crippen molar-refractivity contribution in [1.82, 2.24) is 14.6 Å². The van der Waals surface area contributed by atoms with Crippen LogP contribution in [0.1, 0.15) is 12.2 Å². The Labute approximate surface area is 158 Å². The van der Waals surface area contributed by atoms with Crippen molar-refractivity contribution in [2.45, 2.75) is 24.6 Å². The zero-order valence-electron chi connectivity index (χ0n) is 15.4. The van der Waals surface area contributed by atoms with Crippen LogP contribution in [-0.4, -0.2) is 41.5 Å². The van der Waals surface area contributed by atoms with Crippen molar-refractivity contribution in [3.8, 4) is 11.5 Å². The maximum atomic E-state index is 6.11. The van der Waals surface area contributed by atoms with Gasteiger partial charge in [0.05, 0.1) is 26.2 Å². The first-order valence-corrected chi connectivity index (χ1v) is 8.87. The molecule has 1 saturated heterocycles. The highest BCUT2D eigenvalue weighted by Crippen LogP contribution is 2.41. The van der Waals surface area contributed by atoms with Crippen LogP contribution in [0, 0.1) is 0 Å². The van der Waals surface area contributed by atoms with Gasteiger partial charge < -0.3 is 18.5 Å². The summed E-state index contributed by atoms with van der Waals surface area (Å²) in [5.41, 5.74) is -0.419. The van der Waals surface area contributed by atoms with Crippen molar-refractivity contribution < 1.29 is 18.7 Å². The SMILES string of the molecule is COc1ccc(OC[C@@H]2CC(Cn3ccnc3)(c3ccco3)N(C)O2)cc1. The maximum Gasteiger partial charge on any atom is 0.128 e. The molecule has 142 valence electrons. The number of hydrogen-bond donors (Lipinski definition) is 0. The van der Waals surface area contributed by atoms with Crippen molar-refractivity contribution in [2.24, 2.45) is 0 Å². The molecule has 0 radical (unpaired) electrons. The molecule has 27 heavy (non-hydrogen) atoms. The van der Waals surface area contributed by atoms with E-state index in [1.165, 1.54) is 0 Å². The molecule has 1 aliphatic rings. The third kappa shape index (κ3) is 3.56. The highest BCUT2D eigenvalue weighted by atomic mass is 16.7. The Balaban J connectivity index is 1.48. The average Bonchev–Trinajstić information content (AvgIpc) is 3.43. The smallest absolute Gasteiger partial charge is 0.128 e. The summed E-state index contributed by atoms with van der Waals surface area (Å²) >= 11 is 0. The van der Waals surface area contributed by atoms with Crippen molar-refractivity contribution in [3.05, 3.63) is 67.1 Å². The van der Waals surface area contributed by atoms with E-state index in [4.69, 9.17) is 18.7 Å². The minimum atomic E-state index is -0.419. The number of hydrogen-bond acceptors (Lipinski definition) is 6. The molecule has 7 nitrogen and oxygen atoms in total. The first-order chi connectivity index (χ1) is 13.2. The van der Waals surface area contributed by atoms with E-state index < -0.39 is 5.54 Å². The van der Waals surface area contributed by atoms with E-state index in [9.17, 15) is 0 Å². The zero-order chi connectivity index (χ0) is 18.7. The van der Waals surface area contributed by atoms with Gasteiger partial charge in [0.2, 0.25) is 0 Å². The monoisotopic (exact) mass is 369 g/mol. The Morgan fingerprint density at radius 1 is 1.22 bits per heavy atom. The molecule has 4 rings (SSSR count). The summed E-state index contributed by atoms with van der Waals surface area (Å²) < 4.78 is 18.9. The highest BCUT2D eigenvalue weighted by molar-refractivity contribution is 5.31. The summed E-state index contributed by atoms with van der Waals surface area (Å²) in [7, 11) is 3.58. The molecule has 1 unspecified atom stereocenters. The summed E-state index contributed by atoms with van der Waals surface area (Å²) in [5.74, 6) is 2.45. The molecule has 0 N–H and O–H groups in total. The Morgan fingerprint density at radius 3 is 2.70 bits per heavy atom. The molecule has 7 heteroatoms. The van der Waals surface area contributed by atoms with Crippen molar-refractivity contribution in [2.75, 3.05) is 20.8 Å². The van der Waals surface area contributed by atoms with Crippen molar-refractivity contribution >= 4 is 0 Å². The predicted molar refractivity (Wildman–Crippen MR) is 98.4 cm³/mol. The lowest BCUT2D eigenvalue weighted by Gasteiger charge is -2.32. The summed E-state index contributed by atoms with van der Waals surface area (Å²) in [5, 5.41) is 1.88. The highest BCUT2D eigenvalue weighted by Gasteiger charge is 2.49. The number of furan rings is 1. The molecule has 0 saturated carbocycles. The van der Waals surface area contributed by atoms with Crippen LogP contribution in [0.3, 0.4) is 0 Å². The Morgan fingerprint density at radius 2 is 2.04 bits per heavy atom. The lowest BCUT2D eigenvalue weighted by atomic mass is 9.90. The fraction of sp³-hybridized carbons (Fsp3) is 0.350. The van der Waals surface area contributed by atoms with Gasteiger partial charge in [-0.1, -0.05) is 0 Å². The molecule has 0 spiro atoms. The molecule has 1 aromatic carbocycles. The maximum absolute atomic E-state index is 6.11. The standard InChI is InChI=1S/C20H23N3O4/c1-22-20(19-4-3-11-25-19,14-23-10-9-21-15-23)12-18(27-22)13-26-17-7-5-16(24-2)6-8-17/h3-11,15,18H,12-14H2,1-2H3/t18-,20?/m0/s1. The van der Waals surface area contributed by atoms with E-state index in [-0.39, 0.29) is 6.10 Å². The Kier molecular flexibility index (Phi) is 4.87. The van der Waals surface area contributed by atoms with Gasteiger partial charge in [0.15, 0.2) is 0 Å². The van der Waals surface area contributed by atoms with E-state index in [1.807, 2.05) is 59.3 Å². The van der Waals surface area contributed by atoms with Crippen molar-refractivity contribution in [3.63, 3.8) is 0 Å². The van der Waals surface area contributed by atoms with E-state index >= 15 is 0 Å². The largest absolute Gasteiger partial charge is 0.497 e. The summed E-state index contributed by atoms with van der Waals surface area (Å²) in [6.45, 7) is 1.12. The number of likely N-dealkylation sites (N-methyl/N-ethyl adjacent to an activating group) is 1. The molecule has 0 amide bonds. The topological polar surface area (TPSA) is 61.9 Å². The van der Waals surface area contributed by atoms with Crippen molar-refractivity contribution in [1.29, 1.82) is 0 Å². The number of hydroxylamine groups is 2. The van der Waals surface area contributed by atoms with Crippen LogP contribution in [0.15, 0.2) is 65.8 Å². The van der Waals surface area contributed by atoms with Gasteiger partial charge in [-0.05, 0) is 36.4 Å². The second-order valence-corrected chi connectivity index (χ2v) is 6.66. The zero-order valence-corrected chi connectivity index (χ0v) is 15.4. The molecule has 0 bridgehead atoms. The van der Waals surface area contributed by atoms with Gasteiger partial charge in [-0.3, -0.25) is 4.84 Å². The summed E-state index contributed by atoms with van der Waals surface area (Å²) in [6.07, 6.45) is 7.87. The van der Waals surface area contributed by atoms with E-state index in [0.29, 0.717) is 13.2 Å². The Hall–Kier alpha value is -2.77. The minimum Gasteiger partial charge on any atom is -0.497 e. The molecular weight excluding hydrogens is 346 g/mol. The number of methoxy groups -OCH3 is 1. The minimum absolute atomic E-state index is 0.0919. The summed E-state index contributed by atoms with van der Waals surface area (Å²) in [4.78, 5) is 10.3. The Bertz CT molecular complexity index is 833. The lowest BCUT2D eigenvalue weighted by molar-refractivity contribution is -0.183. The van der Waals surface area contributed by atoms with Crippen LogP contribution >= 0.6 is 0 Å². The van der Waals surface area contributed by atoms with E-state index in [2.05, 4.69) is 4.98 Å². The third-order valence-electron chi connectivity index (χ3n) is 4.95. The molecule has 0 aliphatic carbocycles. The molecule has 3 heterocycles. The predicted octanol–water partition coefficient (Wildman–Crippen LogP) is 3.09. The van der Waals surface area contributed by atoms with Gasteiger partial charge in [-0.2, -0.15) is 5.06 Å². The molecule has 1 aliphatic heterocycles. The quantitative estimate of drug-likeness (QED) is 0.638. The average molecular weight is 369 g/mol. The van der Waals surface area contributed by atoms with Crippen LogP contribution in [0.2, 0.25) is 0 Å². The second kappa shape index (κ2) is 7.46. The van der Waals surface area contributed by atoms with E-state index in [1.54, 1.807) is 25.9 Å². The number of benzene rings is 1. The van der Waals surface area contributed by atoms with Crippen LogP contribution in [0.5, 0.6) is 11.5 Å². The molecule has 2 aromatic heterocycles. The molecular formula is C20H23N3O4. The summed E-state index contributed by atoms with van der Waals surface area (Å²) in [6, 6.07) is 11.4. The van der Waals surface area contributed by atoms with Gasteiger partial charge in [0.1, 0.15) is 35.5 Å². The first-order valence-electron chi connectivity index (χ1n) is 8.87. The number of rotatable bonds is 7. The van der Waals surface area contributed by atoms with Gasteiger partial charge >= 0.3 is 0 Å².